The number of nitrogens with zero attached hydrogens (tertiary/aromatic N) is 3. The lowest BCUT2D eigenvalue weighted by Gasteiger charge is -2.11. The highest BCUT2D eigenvalue weighted by Crippen LogP contribution is 2.29. The molecule has 4 aromatic rings. The van der Waals surface area contributed by atoms with E-state index in [0.29, 0.717) is 5.16 Å². The zero-order chi connectivity index (χ0) is 21.8. The lowest BCUT2D eigenvalue weighted by Crippen LogP contribution is -2.15. The zero-order valence-corrected chi connectivity index (χ0v) is 19.6. The summed E-state index contributed by atoms with van der Waals surface area (Å²) in [6, 6.07) is 23.9. The van der Waals surface area contributed by atoms with Gasteiger partial charge in [-0.25, -0.2) is 0 Å². The minimum absolute atomic E-state index is 0.0789. The average Bonchev–Trinajstić information content (AvgIpc) is 3.19. The van der Waals surface area contributed by atoms with Gasteiger partial charge in [0.15, 0.2) is 11.0 Å². The Labute approximate surface area is 194 Å². The molecule has 0 unspecified atom stereocenters. The Hall–Kier alpha value is -2.90. The molecule has 0 aliphatic rings. The molecule has 0 radical (unpaired) electrons. The van der Waals surface area contributed by atoms with Crippen molar-refractivity contribution in [3.63, 3.8) is 0 Å². The quantitative estimate of drug-likeness (QED) is 0.333. The SMILES string of the molecule is Cc1ccc(NC(=O)CSc2nnc(-c3ccc(Br)cc3)n2-c2ccccc2)c(C)c1. The highest BCUT2D eigenvalue weighted by Gasteiger charge is 2.17. The highest BCUT2D eigenvalue weighted by atomic mass is 79.9. The Morgan fingerprint density at radius 2 is 1.74 bits per heavy atom. The molecule has 156 valence electrons. The molecule has 1 aromatic heterocycles. The van der Waals surface area contributed by atoms with Crippen molar-refractivity contribution < 1.29 is 4.79 Å². The van der Waals surface area contributed by atoms with E-state index in [4.69, 9.17) is 0 Å². The van der Waals surface area contributed by atoms with Crippen molar-refractivity contribution in [2.24, 2.45) is 0 Å². The minimum Gasteiger partial charge on any atom is -0.325 e. The van der Waals surface area contributed by atoms with Gasteiger partial charge in [-0.15, -0.1) is 10.2 Å². The molecule has 0 saturated carbocycles. The van der Waals surface area contributed by atoms with Crippen LogP contribution in [0.1, 0.15) is 11.1 Å². The van der Waals surface area contributed by atoms with Gasteiger partial charge in [-0.05, 0) is 49.7 Å². The van der Waals surface area contributed by atoms with Crippen LogP contribution < -0.4 is 5.32 Å². The summed E-state index contributed by atoms with van der Waals surface area (Å²) in [5.41, 5.74) is 4.94. The van der Waals surface area contributed by atoms with Gasteiger partial charge in [0.05, 0.1) is 5.75 Å². The minimum atomic E-state index is -0.0789. The van der Waals surface area contributed by atoms with Crippen LogP contribution in [0.15, 0.2) is 82.4 Å². The van der Waals surface area contributed by atoms with Crippen LogP contribution in [0.4, 0.5) is 5.69 Å². The molecule has 7 heteroatoms. The molecule has 0 fully saturated rings. The summed E-state index contributed by atoms with van der Waals surface area (Å²) in [7, 11) is 0. The number of para-hydroxylation sites is 1. The number of carbonyl (C=O) groups excluding carboxylic acids is 1. The maximum absolute atomic E-state index is 12.6. The van der Waals surface area contributed by atoms with E-state index < -0.39 is 0 Å². The van der Waals surface area contributed by atoms with Crippen LogP contribution in [-0.4, -0.2) is 26.4 Å². The van der Waals surface area contributed by atoms with Crippen molar-refractivity contribution in [1.82, 2.24) is 14.8 Å². The van der Waals surface area contributed by atoms with Gasteiger partial charge in [0, 0.05) is 21.4 Å². The standard InChI is InChI=1S/C24H21BrN4OS/c1-16-8-13-21(17(2)14-16)26-22(30)15-31-24-28-27-23(18-9-11-19(25)12-10-18)29(24)20-6-4-3-5-7-20/h3-14H,15H2,1-2H3,(H,26,30). The predicted molar refractivity (Wildman–Crippen MR) is 130 cm³/mol. The molecule has 0 aliphatic carbocycles. The van der Waals surface area contributed by atoms with Gasteiger partial charge in [0.2, 0.25) is 5.91 Å². The number of aromatic nitrogens is 3. The van der Waals surface area contributed by atoms with E-state index >= 15 is 0 Å². The Balaban J connectivity index is 1.58. The largest absolute Gasteiger partial charge is 0.325 e. The van der Waals surface area contributed by atoms with Gasteiger partial charge in [-0.2, -0.15) is 0 Å². The fraction of sp³-hybridized carbons (Fsp3) is 0.125. The van der Waals surface area contributed by atoms with Crippen molar-refractivity contribution in [1.29, 1.82) is 0 Å². The topological polar surface area (TPSA) is 59.8 Å². The van der Waals surface area contributed by atoms with Gasteiger partial charge in [-0.3, -0.25) is 9.36 Å². The van der Waals surface area contributed by atoms with Gasteiger partial charge in [0.1, 0.15) is 0 Å². The fourth-order valence-corrected chi connectivity index (χ4v) is 4.25. The number of nitrogens with one attached hydrogen (secondary N) is 1. The van der Waals surface area contributed by atoms with Crippen LogP contribution >= 0.6 is 27.7 Å². The second-order valence-electron chi connectivity index (χ2n) is 7.14. The summed E-state index contributed by atoms with van der Waals surface area (Å²) >= 11 is 4.84. The lowest BCUT2D eigenvalue weighted by molar-refractivity contribution is -0.113. The maximum Gasteiger partial charge on any atom is 0.234 e. The molecule has 0 saturated heterocycles. The first-order chi connectivity index (χ1) is 15.0. The lowest BCUT2D eigenvalue weighted by atomic mass is 10.1. The van der Waals surface area contributed by atoms with E-state index in [0.717, 1.165) is 32.8 Å². The van der Waals surface area contributed by atoms with E-state index in [9.17, 15) is 4.79 Å². The van der Waals surface area contributed by atoms with Crippen LogP contribution in [0, 0.1) is 13.8 Å². The zero-order valence-electron chi connectivity index (χ0n) is 17.2. The molecule has 4 rings (SSSR count). The number of carbonyl (C=O) groups is 1. The van der Waals surface area contributed by atoms with Gasteiger partial charge in [0.25, 0.3) is 0 Å². The molecular formula is C24H21BrN4OS. The molecule has 1 N–H and O–H groups in total. The van der Waals surface area contributed by atoms with Crippen LogP contribution in [0.2, 0.25) is 0 Å². The number of benzene rings is 3. The van der Waals surface area contributed by atoms with E-state index in [-0.39, 0.29) is 11.7 Å². The number of hydrogen-bond donors (Lipinski definition) is 1. The Kier molecular flexibility index (Phi) is 6.53. The van der Waals surface area contributed by atoms with Crippen molar-refractivity contribution >= 4 is 39.3 Å². The summed E-state index contributed by atoms with van der Waals surface area (Å²) in [6.45, 7) is 4.03. The van der Waals surface area contributed by atoms with Crippen molar-refractivity contribution in [2.45, 2.75) is 19.0 Å². The van der Waals surface area contributed by atoms with Gasteiger partial charge >= 0.3 is 0 Å². The number of rotatable bonds is 6. The normalized spacial score (nSPS) is 10.8. The third kappa shape index (κ3) is 5.06. The molecule has 5 nitrogen and oxygen atoms in total. The first-order valence-electron chi connectivity index (χ1n) is 9.78. The third-order valence-corrected chi connectivity index (χ3v) is 6.20. The van der Waals surface area contributed by atoms with Gasteiger partial charge in [-0.1, -0.05) is 75.7 Å². The monoisotopic (exact) mass is 492 g/mol. The van der Waals surface area contributed by atoms with Crippen LogP contribution in [0.5, 0.6) is 0 Å². The highest BCUT2D eigenvalue weighted by molar-refractivity contribution is 9.10. The second-order valence-corrected chi connectivity index (χ2v) is 9.00. The first kappa shape index (κ1) is 21.3. The summed E-state index contributed by atoms with van der Waals surface area (Å²) in [5, 5.41) is 12.5. The van der Waals surface area contributed by atoms with Crippen molar-refractivity contribution in [3.8, 4) is 17.1 Å². The van der Waals surface area contributed by atoms with E-state index in [1.165, 1.54) is 17.3 Å². The van der Waals surface area contributed by atoms with Gasteiger partial charge < -0.3 is 5.32 Å². The summed E-state index contributed by atoms with van der Waals surface area (Å²) in [5.74, 6) is 0.888. The van der Waals surface area contributed by atoms with Crippen molar-refractivity contribution in [2.75, 3.05) is 11.1 Å². The average molecular weight is 493 g/mol. The fourth-order valence-electron chi connectivity index (χ4n) is 3.23. The molecular weight excluding hydrogens is 472 g/mol. The molecule has 31 heavy (non-hydrogen) atoms. The number of hydrogen-bond acceptors (Lipinski definition) is 4. The maximum atomic E-state index is 12.6. The Morgan fingerprint density at radius 1 is 1.00 bits per heavy atom. The number of amides is 1. The molecule has 0 bridgehead atoms. The predicted octanol–water partition coefficient (Wildman–Crippen LogP) is 6.04. The summed E-state index contributed by atoms with van der Waals surface area (Å²) in [4.78, 5) is 12.6. The smallest absolute Gasteiger partial charge is 0.234 e. The Morgan fingerprint density at radius 3 is 2.45 bits per heavy atom. The Bertz CT molecular complexity index is 1210. The van der Waals surface area contributed by atoms with Crippen LogP contribution in [-0.2, 0) is 4.79 Å². The number of thioether (sulfide) groups is 1. The van der Waals surface area contributed by atoms with Crippen molar-refractivity contribution in [3.05, 3.63) is 88.4 Å². The summed E-state index contributed by atoms with van der Waals surface area (Å²) in [6.07, 6.45) is 0. The molecule has 0 atom stereocenters. The van der Waals surface area contributed by atoms with E-state index in [1.807, 2.05) is 85.1 Å². The number of anilines is 1. The van der Waals surface area contributed by atoms with Crippen LogP contribution in [0.25, 0.3) is 17.1 Å². The molecule has 1 amide bonds. The number of aryl methyl sites for hydroxylation is 2. The first-order valence-corrected chi connectivity index (χ1v) is 11.6. The number of halogens is 1. The van der Waals surface area contributed by atoms with Crippen LogP contribution in [0.3, 0.4) is 0 Å². The molecule has 1 heterocycles. The van der Waals surface area contributed by atoms with E-state index in [2.05, 4.69) is 37.5 Å². The molecule has 3 aromatic carbocycles. The molecule has 0 spiro atoms. The third-order valence-electron chi connectivity index (χ3n) is 4.74. The second kappa shape index (κ2) is 9.49. The summed E-state index contributed by atoms with van der Waals surface area (Å²) < 4.78 is 2.98. The van der Waals surface area contributed by atoms with E-state index in [1.54, 1.807) is 0 Å². The molecule has 0 aliphatic heterocycles.